The molecule has 0 unspecified atom stereocenters. The van der Waals surface area contributed by atoms with Crippen molar-refractivity contribution < 1.29 is 39.0 Å². The number of aliphatic hydroxyl groups excluding tert-OH is 2. The van der Waals surface area contributed by atoms with Crippen LogP contribution in [0.1, 0.15) is 60.3 Å². The fourth-order valence-corrected chi connectivity index (χ4v) is 3.62. The molecule has 0 fully saturated rings. The SMILES string of the molecule is C/C=C/C[C@@H](C)[C@@H](O)CC(=O)N[C@@H](CC)C(=O)N(C)[C@H](O)C(=O)N(C)[C@@H](CC(C)C)C(=O)NC(=O)N(C)C(N)=O. The van der Waals surface area contributed by atoms with E-state index >= 15 is 0 Å². The topological polar surface area (TPSA) is 203 Å². The number of hydrogen-bond acceptors (Lipinski definition) is 8. The number of urea groups is 2. The van der Waals surface area contributed by atoms with Gasteiger partial charge in [0.15, 0.2) is 0 Å². The highest BCUT2D eigenvalue weighted by Crippen LogP contribution is 2.15. The van der Waals surface area contributed by atoms with Crippen molar-refractivity contribution in [2.75, 3.05) is 21.1 Å². The van der Waals surface area contributed by atoms with Gasteiger partial charge in [-0.25, -0.2) is 14.5 Å². The van der Waals surface area contributed by atoms with E-state index in [0.717, 1.165) is 16.8 Å². The number of primary amides is 1. The van der Waals surface area contributed by atoms with Gasteiger partial charge in [-0.05, 0) is 38.0 Å². The number of nitrogens with two attached hydrogens (primary N) is 1. The van der Waals surface area contributed by atoms with Crippen LogP contribution >= 0.6 is 0 Å². The molecule has 0 saturated heterocycles. The Hall–Kier alpha value is -3.52. The highest BCUT2D eigenvalue weighted by atomic mass is 16.3. The van der Waals surface area contributed by atoms with Crippen LogP contribution in [-0.4, -0.2) is 106 Å². The zero-order chi connectivity index (χ0) is 31.3. The zero-order valence-corrected chi connectivity index (χ0v) is 24.7. The molecule has 0 radical (unpaired) electrons. The number of amides is 8. The van der Waals surface area contributed by atoms with Crippen molar-refractivity contribution >= 4 is 35.7 Å². The van der Waals surface area contributed by atoms with Gasteiger partial charge in [0.05, 0.1) is 12.5 Å². The summed E-state index contributed by atoms with van der Waals surface area (Å²) in [6, 6.07) is -4.51. The maximum atomic E-state index is 13.1. The first-order chi connectivity index (χ1) is 18.5. The summed E-state index contributed by atoms with van der Waals surface area (Å²) in [7, 11) is 3.47. The number of imide groups is 2. The largest absolute Gasteiger partial charge is 0.392 e. The fourth-order valence-electron chi connectivity index (χ4n) is 3.62. The summed E-state index contributed by atoms with van der Waals surface area (Å²) in [6.07, 6.45) is 1.36. The Morgan fingerprint density at radius 3 is 2.00 bits per heavy atom. The highest BCUT2D eigenvalue weighted by Gasteiger charge is 2.36. The minimum absolute atomic E-state index is 0.0917. The van der Waals surface area contributed by atoms with E-state index in [1.165, 1.54) is 14.1 Å². The molecule has 8 amide bonds. The van der Waals surface area contributed by atoms with Gasteiger partial charge in [0.25, 0.3) is 11.8 Å². The minimum atomic E-state index is -2.01. The van der Waals surface area contributed by atoms with Crippen molar-refractivity contribution in [2.45, 2.75) is 84.7 Å². The van der Waals surface area contributed by atoms with Gasteiger partial charge < -0.3 is 31.1 Å². The summed E-state index contributed by atoms with van der Waals surface area (Å²) in [6.45, 7) is 8.82. The van der Waals surface area contributed by atoms with Gasteiger partial charge in [-0.15, -0.1) is 0 Å². The lowest BCUT2D eigenvalue weighted by molar-refractivity contribution is -0.161. The van der Waals surface area contributed by atoms with Crippen LogP contribution in [0.15, 0.2) is 12.2 Å². The third-order valence-corrected chi connectivity index (χ3v) is 6.45. The molecule has 0 aromatic rings. The number of hydrogen-bond donors (Lipinski definition) is 5. The summed E-state index contributed by atoms with van der Waals surface area (Å²) < 4.78 is 0. The summed E-state index contributed by atoms with van der Waals surface area (Å²) >= 11 is 0. The summed E-state index contributed by atoms with van der Waals surface area (Å²) in [5.74, 6) is -3.55. The standard InChI is InChI=1S/C26H46N6O8/c1-9-11-12-16(5)19(33)14-20(34)28-17(10-2)22(36)31(7)24(38)23(37)30(6)18(13-15(3)4)21(35)29-26(40)32(8)25(27)39/h9,11,15-19,24,33,38H,10,12-14H2,1-8H3,(H2,27,39)(H,28,34)(H,29,35,40)/b11-9+/t16-,17+,18+,19+,24-/m1/s1. The molecule has 0 saturated carbocycles. The molecule has 0 aliphatic rings. The second kappa shape index (κ2) is 17.2. The Morgan fingerprint density at radius 1 is 0.950 bits per heavy atom. The summed E-state index contributed by atoms with van der Waals surface area (Å²) in [5, 5.41) is 25.5. The molecule has 14 nitrogen and oxygen atoms in total. The average Bonchev–Trinajstić information content (AvgIpc) is 2.90. The Labute approximate surface area is 235 Å². The van der Waals surface area contributed by atoms with E-state index in [2.05, 4.69) is 5.32 Å². The van der Waals surface area contributed by atoms with Crippen LogP contribution in [0.25, 0.3) is 0 Å². The first-order valence-electron chi connectivity index (χ1n) is 13.2. The van der Waals surface area contributed by atoms with Gasteiger partial charge in [-0.3, -0.25) is 24.5 Å². The van der Waals surface area contributed by atoms with Gasteiger partial charge in [0.2, 0.25) is 18.0 Å². The molecule has 14 heteroatoms. The van der Waals surface area contributed by atoms with Crippen LogP contribution in [0.2, 0.25) is 0 Å². The molecular formula is C26H46N6O8. The molecule has 0 bridgehead atoms. The second-order valence-corrected chi connectivity index (χ2v) is 10.2. The molecule has 228 valence electrons. The smallest absolute Gasteiger partial charge is 0.331 e. The lowest BCUT2D eigenvalue weighted by Gasteiger charge is -2.33. The first-order valence-corrected chi connectivity index (χ1v) is 13.2. The first kappa shape index (κ1) is 36.5. The summed E-state index contributed by atoms with van der Waals surface area (Å²) in [4.78, 5) is 76.9. The van der Waals surface area contributed by atoms with Crippen LogP contribution in [0.3, 0.4) is 0 Å². The van der Waals surface area contributed by atoms with Crippen LogP contribution < -0.4 is 16.4 Å². The van der Waals surface area contributed by atoms with Crippen molar-refractivity contribution in [2.24, 2.45) is 17.6 Å². The number of carbonyl (C=O) groups is 6. The molecule has 40 heavy (non-hydrogen) atoms. The van der Waals surface area contributed by atoms with Crippen LogP contribution in [0.4, 0.5) is 9.59 Å². The van der Waals surface area contributed by atoms with Gasteiger partial charge in [-0.1, -0.05) is 39.8 Å². The molecule has 6 N–H and O–H groups in total. The Balaban J connectivity index is 5.51. The summed E-state index contributed by atoms with van der Waals surface area (Å²) in [5.41, 5.74) is 5.04. The number of nitrogens with one attached hydrogen (secondary N) is 2. The third kappa shape index (κ3) is 11.3. The Morgan fingerprint density at radius 2 is 1.52 bits per heavy atom. The lowest BCUT2D eigenvalue weighted by atomic mass is 9.97. The molecule has 0 aromatic heterocycles. The van der Waals surface area contributed by atoms with Crippen LogP contribution in [-0.2, 0) is 19.2 Å². The predicted molar refractivity (Wildman–Crippen MR) is 147 cm³/mol. The van der Waals surface area contributed by atoms with E-state index in [0.29, 0.717) is 11.3 Å². The number of rotatable bonds is 14. The van der Waals surface area contributed by atoms with Crippen molar-refractivity contribution in [1.29, 1.82) is 0 Å². The number of carbonyl (C=O) groups excluding carboxylic acids is 6. The van der Waals surface area contributed by atoms with Gasteiger partial charge in [0.1, 0.15) is 12.1 Å². The number of likely N-dealkylation sites (N-methyl/N-ethyl adjacent to an activating group) is 2. The maximum Gasteiger partial charge on any atom is 0.331 e. The average molecular weight is 571 g/mol. The molecule has 5 atom stereocenters. The molecule has 0 aliphatic heterocycles. The van der Waals surface area contributed by atoms with Gasteiger partial charge >= 0.3 is 12.1 Å². The minimum Gasteiger partial charge on any atom is -0.392 e. The molecular weight excluding hydrogens is 524 g/mol. The fraction of sp³-hybridized carbons (Fsp3) is 0.692. The maximum absolute atomic E-state index is 13.1. The Kier molecular flexibility index (Phi) is 15.7. The van der Waals surface area contributed by atoms with Crippen molar-refractivity contribution in [3.8, 4) is 0 Å². The van der Waals surface area contributed by atoms with Gasteiger partial charge in [0, 0.05) is 21.1 Å². The van der Waals surface area contributed by atoms with E-state index in [9.17, 15) is 39.0 Å². The van der Waals surface area contributed by atoms with Crippen LogP contribution in [0.5, 0.6) is 0 Å². The number of allylic oxidation sites excluding steroid dienone is 2. The highest BCUT2D eigenvalue weighted by molar-refractivity contribution is 6.03. The normalized spacial score (nSPS) is 15.0. The quantitative estimate of drug-likeness (QED) is 0.143. The van der Waals surface area contributed by atoms with Crippen molar-refractivity contribution in [3.05, 3.63) is 12.2 Å². The molecule has 0 aromatic carbocycles. The monoisotopic (exact) mass is 570 g/mol. The van der Waals surface area contributed by atoms with Gasteiger partial charge in [-0.2, -0.15) is 0 Å². The second-order valence-electron chi connectivity index (χ2n) is 10.2. The number of nitrogens with zero attached hydrogens (tertiary/aromatic N) is 3. The van der Waals surface area contributed by atoms with Crippen LogP contribution in [0, 0.1) is 11.8 Å². The molecule has 0 heterocycles. The van der Waals surface area contributed by atoms with Crippen molar-refractivity contribution in [1.82, 2.24) is 25.3 Å². The van der Waals surface area contributed by atoms with E-state index < -0.39 is 60.1 Å². The zero-order valence-electron chi connectivity index (χ0n) is 24.7. The van der Waals surface area contributed by atoms with Crippen molar-refractivity contribution in [3.63, 3.8) is 0 Å². The van der Waals surface area contributed by atoms with E-state index in [1.54, 1.807) is 27.7 Å². The lowest BCUT2D eigenvalue weighted by Crippen LogP contribution is -2.58. The van der Waals surface area contributed by atoms with E-state index in [1.807, 2.05) is 24.4 Å². The third-order valence-electron chi connectivity index (χ3n) is 6.45. The molecule has 0 rings (SSSR count). The Bertz CT molecular complexity index is 940. The molecule has 0 spiro atoms. The molecule has 0 aliphatic carbocycles. The van der Waals surface area contributed by atoms with E-state index in [-0.39, 0.29) is 31.1 Å². The van der Waals surface area contributed by atoms with E-state index in [4.69, 9.17) is 5.73 Å². The number of aliphatic hydroxyl groups is 2. The predicted octanol–water partition coefficient (Wildman–Crippen LogP) is 0.131.